The van der Waals surface area contributed by atoms with E-state index in [0.29, 0.717) is 0 Å². The molecule has 0 N–H and O–H groups in total. The number of para-hydroxylation sites is 1. The van der Waals surface area contributed by atoms with E-state index in [1.807, 2.05) is 11.3 Å². The lowest BCUT2D eigenvalue weighted by Gasteiger charge is -2.28. The predicted octanol–water partition coefficient (Wildman–Crippen LogP) is 14.8. The van der Waals surface area contributed by atoms with Crippen molar-refractivity contribution in [2.75, 3.05) is 4.90 Å². The largest absolute Gasteiger partial charge is 0.310 e. The van der Waals surface area contributed by atoms with E-state index in [2.05, 4.69) is 207 Å². The van der Waals surface area contributed by atoms with Crippen molar-refractivity contribution >= 4 is 48.6 Å². The van der Waals surface area contributed by atoms with Gasteiger partial charge in [0, 0.05) is 42.6 Å². The van der Waals surface area contributed by atoms with Crippen LogP contribution in [0.3, 0.4) is 0 Å². The van der Waals surface area contributed by atoms with Gasteiger partial charge in [0.1, 0.15) is 0 Å². The zero-order chi connectivity index (χ0) is 35.5. The molecule has 0 amide bonds. The first-order chi connectivity index (χ1) is 26.0. The minimum Gasteiger partial charge on any atom is -0.310 e. The molecule has 10 rings (SSSR count). The highest BCUT2D eigenvalue weighted by atomic mass is 32.1. The van der Waals surface area contributed by atoms with E-state index in [1.54, 1.807) is 0 Å². The van der Waals surface area contributed by atoms with Crippen LogP contribution in [0.4, 0.5) is 17.1 Å². The Morgan fingerprint density at radius 1 is 0.358 bits per heavy atom. The summed E-state index contributed by atoms with van der Waals surface area (Å²) in [7, 11) is 0. The number of nitrogens with zero attached hydrogens (tertiary/aromatic N) is 1. The molecule has 9 aromatic rings. The number of fused-ring (bicyclic) bond motifs is 6. The second-order valence-corrected chi connectivity index (χ2v) is 15.7. The van der Waals surface area contributed by atoms with Gasteiger partial charge in [0.15, 0.2) is 0 Å². The molecule has 2 heteroatoms. The monoisotopic (exact) mass is 695 g/mol. The van der Waals surface area contributed by atoms with Crippen molar-refractivity contribution in [3.05, 3.63) is 199 Å². The van der Waals surface area contributed by atoms with Gasteiger partial charge in [0.05, 0.1) is 0 Å². The summed E-state index contributed by atoms with van der Waals surface area (Å²) < 4.78 is 2.67. The highest BCUT2D eigenvalue weighted by Crippen LogP contribution is 2.51. The number of rotatable bonds is 6. The average Bonchev–Trinajstić information content (AvgIpc) is 3.70. The van der Waals surface area contributed by atoms with Crippen LogP contribution in [0.15, 0.2) is 188 Å². The van der Waals surface area contributed by atoms with Crippen LogP contribution in [0.2, 0.25) is 0 Å². The van der Waals surface area contributed by atoms with Crippen molar-refractivity contribution in [2.45, 2.75) is 19.3 Å². The molecule has 0 atom stereocenters. The zero-order valence-electron chi connectivity index (χ0n) is 29.8. The summed E-state index contributed by atoms with van der Waals surface area (Å²) in [5.74, 6) is 0. The molecular formula is C51H37NS. The van der Waals surface area contributed by atoms with Crippen LogP contribution < -0.4 is 4.90 Å². The van der Waals surface area contributed by atoms with Gasteiger partial charge < -0.3 is 4.90 Å². The Hall–Kier alpha value is -6.22. The van der Waals surface area contributed by atoms with Crippen molar-refractivity contribution in [2.24, 2.45) is 0 Å². The van der Waals surface area contributed by atoms with Crippen molar-refractivity contribution < 1.29 is 0 Å². The molecule has 1 aliphatic carbocycles. The lowest BCUT2D eigenvalue weighted by Crippen LogP contribution is -2.16. The van der Waals surface area contributed by atoms with Gasteiger partial charge in [-0.2, -0.15) is 0 Å². The molecular weight excluding hydrogens is 659 g/mol. The Morgan fingerprint density at radius 3 is 1.57 bits per heavy atom. The van der Waals surface area contributed by atoms with Crippen LogP contribution in [0.25, 0.3) is 64.7 Å². The zero-order valence-corrected chi connectivity index (χ0v) is 30.6. The molecule has 0 radical (unpaired) electrons. The van der Waals surface area contributed by atoms with E-state index in [4.69, 9.17) is 0 Å². The third-order valence-corrected chi connectivity index (χ3v) is 12.2. The molecule has 1 nitrogen and oxygen atoms in total. The fourth-order valence-corrected chi connectivity index (χ4v) is 9.35. The number of hydrogen-bond acceptors (Lipinski definition) is 2. The summed E-state index contributed by atoms with van der Waals surface area (Å²) in [5.41, 5.74) is 16.1. The molecule has 0 aliphatic heterocycles. The summed E-state index contributed by atoms with van der Waals surface area (Å²) in [4.78, 5) is 2.39. The third-order valence-electron chi connectivity index (χ3n) is 11.1. The van der Waals surface area contributed by atoms with Gasteiger partial charge in [0.2, 0.25) is 0 Å². The molecule has 0 spiro atoms. The van der Waals surface area contributed by atoms with Crippen molar-refractivity contribution in [1.29, 1.82) is 0 Å². The van der Waals surface area contributed by atoms with E-state index in [1.165, 1.54) is 75.8 Å². The average molecular weight is 696 g/mol. The highest BCUT2D eigenvalue weighted by molar-refractivity contribution is 7.25. The number of anilines is 3. The normalized spacial score (nSPS) is 12.9. The van der Waals surface area contributed by atoms with Crippen molar-refractivity contribution in [3.63, 3.8) is 0 Å². The molecule has 53 heavy (non-hydrogen) atoms. The van der Waals surface area contributed by atoms with Gasteiger partial charge in [-0.3, -0.25) is 0 Å². The fourth-order valence-electron chi connectivity index (χ4n) is 8.26. The first-order valence-corrected chi connectivity index (χ1v) is 19.2. The van der Waals surface area contributed by atoms with Crippen molar-refractivity contribution in [1.82, 2.24) is 0 Å². The van der Waals surface area contributed by atoms with Gasteiger partial charge in [-0.05, 0) is 116 Å². The lowest BCUT2D eigenvalue weighted by molar-refractivity contribution is 0.660. The van der Waals surface area contributed by atoms with Gasteiger partial charge in [0.25, 0.3) is 0 Å². The Bertz CT molecular complexity index is 2780. The standard InChI is InChI=1S/C51H37NS/c1-51(2)47-32-39(36-19-17-35(18-20-36)34-11-5-3-6-12-34)23-28-43(47)44-29-27-42(33-48(44)51)52(40-13-7-4-8-14-40)41-25-21-37(22-26-41)38-24-30-50-46(31-38)45-15-9-10-16-49(45)53-50/h3-33H,1-2H3. The quantitative estimate of drug-likeness (QED) is 0.167. The Kier molecular flexibility index (Phi) is 7.42. The number of hydrogen-bond donors (Lipinski definition) is 0. The van der Waals surface area contributed by atoms with Crippen LogP contribution in [0, 0.1) is 0 Å². The van der Waals surface area contributed by atoms with E-state index >= 15 is 0 Å². The SMILES string of the molecule is CC1(C)c2cc(-c3ccc(-c4ccccc4)cc3)ccc2-c2ccc(N(c3ccccc3)c3ccc(-c4ccc5sc6ccccc6c5c4)cc3)cc21. The minimum absolute atomic E-state index is 0.155. The Morgan fingerprint density at radius 2 is 0.830 bits per heavy atom. The van der Waals surface area contributed by atoms with Crippen LogP contribution in [-0.2, 0) is 5.41 Å². The van der Waals surface area contributed by atoms with Gasteiger partial charge in [-0.15, -0.1) is 11.3 Å². The predicted molar refractivity (Wildman–Crippen MR) is 228 cm³/mol. The molecule has 1 aliphatic rings. The topological polar surface area (TPSA) is 3.24 Å². The van der Waals surface area contributed by atoms with Gasteiger partial charge >= 0.3 is 0 Å². The molecule has 8 aromatic carbocycles. The highest BCUT2D eigenvalue weighted by Gasteiger charge is 2.36. The van der Waals surface area contributed by atoms with E-state index in [0.717, 1.165) is 17.1 Å². The summed E-state index contributed by atoms with van der Waals surface area (Å²) >= 11 is 1.86. The maximum atomic E-state index is 2.42. The summed E-state index contributed by atoms with van der Waals surface area (Å²) in [6, 6.07) is 69.0. The third kappa shape index (κ3) is 5.37. The molecule has 0 bridgehead atoms. The maximum absolute atomic E-state index is 2.42. The van der Waals surface area contributed by atoms with Gasteiger partial charge in [-0.25, -0.2) is 0 Å². The second-order valence-electron chi connectivity index (χ2n) is 14.6. The maximum Gasteiger partial charge on any atom is 0.0465 e. The van der Waals surface area contributed by atoms with Crippen LogP contribution in [0.1, 0.15) is 25.0 Å². The van der Waals surface area contributed by atoms with Crippen LogP contribution >= 0.6 is 11.3 Å². The first-order valence-electron chi connectivity index (χ1n) is 18.3. The number of thiophene rings is 1. The second kappa shape index (κ2) is 12.5. The molecule has 0 fully saturated rings. The molecule has 0 unspecified atom stereocenters. The molecule has 252 valence electrons. The summed E-state index contributed by atoms with van der Waals surface area (Å²) in [6.45, 7) is 4.75. The smallest absolute Gasteiger partial charge is 0.0465 e. The number of benzene rings is 8. The van der Waals surface area contributed by atoms with E-state index in [-0.39, 0.29) is 5.41 Å². The Labute approximate surface area is 315 Å². The molecule has 0 saturated heterocycles. The van der Waals surface area contributed by atoms with Gasteiger partial charge in [-0.1, -0.05) is 141 Å². The van der Waals surface area contributed by atoms with Crippen LogP contribution in [-0.4, -0.2) is 0 Å². The molecule has 1 aromatic heterocycles. The summed E-state index contributed by atoms with van der Waals surface area (Å²) in [6.07, 6.45) is 0. The lowest BCUT2D eigenvalue weighted by atomic mass is 9.81. The van der Waals surface area contributed by atoms with Crippen LogP contribution in [0.5, 0.6) is 0 Å². The first kappa shape index (κ1) is 31.5. The summed E-state index contributed by atoms with van der Waals surface area (Å²) in [5, 5.41) is 2.66. The molecule has 0 saturated carbocycles. The fraction of sp³-hybridized carbons (Fsp3) is 0.0588. The van der Waals surface area contributed by atoms with E-state index < -0.39 is 0 Å². The minimum atomic E-state index is -0.155. The Balaban J connectivity index is 0.994. The van der Waals surface area contributed by atoms with E-state index in [9.17, 15) is 0 Å². The molecule has 1 heterocycles. The van der Waals surface area contributed by atoms with Crippen molar-refractivity contribution in [3.8, 4) is 44.5 Å².